The van der Waals surface area contributed by atoms with Crippen LogP contribution in [0.4, 0.5) is 17.3 Å². The van der Waals surface area contributed by atoms with E-state index in [-0.39, 0.29) is 6.10 Å². The summed E-state index contributed by atoms with van der Waals surface area (Å²) < 4.78 is 5.50. The smallest absolute Gasteiger partial charge is 0.230 e. The Morgan fingerprint density at radius 3 is 2.56 bits per heavy atom. The SMILES string of the molecule is CC(C)Oc1ccnc(Nc2ccc(N)cc2)n1. The van der Waals surface area contributed by atoms with E-state index in [1.165, 1.54) is 0 Å². The van der Waals surface area contributed by atoms with E-state index in [9.17, 15) is 0 Å². The number of aromatic nitrogens is 2. The summed E-state index contributed by atoms with van der Waals surface area (Å²) in [6.07, 6.45) is 1.74. The van der Waals surface area contributed by atoms with Crippen molar-refractivity contribution in [2.45, 2.75) is 20.0 Å². The van der Waals surface area contributed by atoms with Gasteiger partial charge < -0.3 is 15.8 Å². The number of benzene rings is 1. The zero-order chi connectivity index (χ0) is 13.0. The lowest BCUT2D eigenvalue weighted by molar-refractivity contribution is 0.232. The molecule has 0 saturated carbocycles. The van der Waals surface area contributed by atoms with E-state index in [0.717, 1.165) is 11.4 Å². The highest BCUT2D eigenvalue weighted by Gasteiger charge is 2.02. The molecule has 0 radical (unpaired) electrons. The summed E-state index contributed by atoms with van der Waals surface area (Å²) in [4.78, 5) is 8.39. The lowest BCUT2D eigenvalue weighted by Gasteiger charge is -2.10. The van der Waals surface area contributed by atoms with Crippen molar-refractivity contribution in [1.82, 2.24) is 9.97 Å². The van der Waals surface area contributed by atoms with Crippen LogP contribution >= 0.6 is 0 Å². The van der Waals surface area contributed by atoms with Crippen LogP contribution in [-0.4, -0.2) is 16.1 Å². The number of ether oxygens (including phenoxy) is 1. The first-order valence-corrected chi connectivity index (χ1v) is 5.76. The lowest BCUT2D eigenvalue weighted by atomic mass is 10.3. The molecule has 1 heterocycles. The number of nitrogen functional groups attached to an aromatic ring is 1. The van der Waals surface area contributed by atoms with E-state index in [4.69, 9.17) is 10.5 Å². The quantitative estimate of drug-likeness (QED) is 0.809. The predicted molar refractivity (Wildman–Crippen MR) is 71.9 cm³/mol. The summed E-state index contributed by atoms with van der Waals surface area (Å²) in [7, 11) is 0. The molecule has 2 aromatic rings. The Kier molecular flexibility index (Phi) is 3.62. The van der Waals surface area contributed by atoms with E-state index in [0.29, 0.717) is 11.8 Å². The van der Waals surface area contributed by atoms with Crippen LogP contribution in [-0.2, 0) is 0 Å². The molecule has 2 rings (SSSR count). The number of anilines is 3. The second kappa shape index (κ2) is 5.35. The second-order valence-corrected chi connectivity index (χ2v) is 4.13. The van der Waals surface area contributed by atoms with Gasteiger partial charge in [0.2, 0.25) is 11.8 Å². The number of rotatable bonds is 4. The van der Waals surface area contributed by atoms with Crippen LogP contribution in [0.1, 0.15) is 13.8 Å². The molecule has 0 bridgehead atoms. The van der Waals surface area contributed by atoms with Gasteiger partial charge in [0, 0.05) is 23.6 Å². The first-order chi connectivity index (χ1) is 8.63. The van der Waals surface area contributed by atoms with E-state index in [1.807, 2.05) is 38.1 Å². The van der Waals surface area contributed by atoms with Crippen LogP contribution in [0.2, 0.25) is 0 Å². The van der Waals surface area contributed by atoms with Crippen molar-refractivity contribution in [2.75, 3.05) is 11.1 Å². The summed E-state index contributed by atoms with van der Waals surface area (Å²) in [6.45, 7) is 3.91. The highest BCUT2D eigenvalue weighted by atomic mass is 16.5. The molecule has 3 N–H and O–H groups in total. The summed E-state index contributed by atoms with van der Waals surface area (Å²) in [5, 5.41) is 3.09. The minimum Gasteiger partial charge on any atom is -0.475 e. The van der Waals surface area contributed by atoms with Crippen molar-refractivity contribution in [2.24, 2.45) is 0 Å². The van der Waals surface area contributed by atoms with Crippen LogP contribution in [0.25, 0.3) is 0 Å². The minimum atomic E-state index is 0.0873. The lowest BCUT2D eigenvalue weighted by Crippen LogP contribution is -2.08. The molecule has 0 aliphatic carbocycles. The topological polar surface area (TPSA) is 73.1 Å². The van der Waals surface area contributed by atoms with E-state index in [1.54, 1.807) is 12.3 Å². The second-order valence-electron chi connectivity index (χ2n) is 4.13. The number of nitrogens with one attached hydrogen (secondary N) is 1. The summed E-state index contributed by atoms with van der Waals surface area (Å²) in [5.41, 5.74) is 7.22. The standard InChI is InChI=1S/C13H16N4O/c1-9(2)18-12-7-8-15-13(17-12)16-11-5-3-10(14)4-6-11/h3-9H,14H2,1-2H3,(H,15,16,17). The average Bonchev–Trinajstić information content (AvgIpc) is 2.32. The molecule has 0 fully saturated rings. The average molecular weight is 244 g/mol. The van der Waals surface area contributed by atoms with Gasteiger partial charge in [-0.3, -0.25) is 0 Å². The fourth-order valence-electron chi connectivity index (χ4n) is 1.41. The number of hydrogen-bond donors (Lipinski definition) is 2. The van der Waals surface area contributed by atoms with Crippen molar-refractivity contribution in [1.29, 1.82) is 0 Å². The molecule has 5 heteroatoms. The van der Waals surface area contributed by atoms with Gasteiger partial charge >= 0.3 is 0 Å². The van der Waals surface area contributed by atoms with Crippen molar-refractivity contribution in [3.8, 4) is 5.88 Å². The van der Waals surface area contributed by atoms with Crippen LogP contribution in [0.15, 0.2) is 36.5 Å². The van der Waals surface area contributed by atoms with Gasteiger partial charge in [-0.25, -0.2) is 4.98 Å². The molecule has 1 aromatic carbocycles. The Labute approximate surface area is 106 Å². The van der Waals surface area contributed by atoms with Gasteiger partial charge in [-0.15, -0.1) is 0 Å². The van der Waals surface area contributed by atoms with Crippen LogP contribution < -0.4 is 15.8 Å². The molecule has 0 atom stereocenters. The normalized spacial score (nSPS) is 10.4. The monoisotopic (exact) mass is 244 g/mol. The molecule has 18 heavy (non-hydrogen) atoms. The van der Waals surface area contributed by atoms with Crippen molar-refractivity contribution >= 4 is 17.3 Å². The minimum absolute atomic E-state index is 0.0873. The number of hydrogen-bond acceptors (Lipinski definition) is 5. The number of nitrogens with two attached hydrogens (primary N) is 1. The molecule has 5 nitrogen and oxygen atoms in total. The molecular weight excluding hydrogens is 228 g/mol. The third kappa shape index (κ3) is 3.35. The van der Waals surface area contributed by atoms with Crippen molar-refractivity contribution in [3.05, 3.63) is 36.5 Å². The first kappa shape index (κ1) is 12.2. The highest BCUT2D eigenvalue weighted by Crippen LogP contribution is 2.16. The van der Waals surface area contributed by atoms with Gasteiger partial charge in [0.25, 0.3) is 0 Å². The Hall–Kier alpha value is -2.30. The van der Waals surface area contributed by atoms with Gasteiger partial charge in [0.1, 0.15) is 0 Å². The molecule has 0 saturated heterocycles. The van der Waals surface area contributed by atoms with Gasteiger partial charge in [0.05, 0.1) is 6.10 Å². The van der Waals surface area contributed by atoms with Gasteiger partial charge in [-0.1, -0.05) is 0 Å². The molecule has 0 amide bonds. The molecule has 1 aromatic heterocycles. The van der Waals surface area contributed by atoms with Gasteiger partial charge in [0.15, 0.2) is 0 Å². The number of nitrogens with zero attached hydrogens (tertiary/aromatic N) is 2. The zero-order valence-corrected chi connectivity index (χ0v) is 10.4. The molecule has 0 aliphatic heterocycles. The van der Waals surface area contributed by atoms with Crippen molar-refractivity contribution < 1.29 is 4.74 Å². The highest BCUT2D eigenvalue weighted by molar-refractivity contribution is 5.57. The van der Waals surface area contributed by atoms with Crippen LogP contribution in [0, 0.1) is 0 Å². The largest absolute Gasteiger partial charge is 0.475 e. The fourth-order valence-corrected chi connectivity index (χ4v) is 1.41. The molecular formula is C13H16N4O. The zero-order valence-electron chi connectivity index (χ0n) is 10.4. The Bertz CT molecular complexity index is 511. The Balaban J connectivity index is 2.11. The third-order valence-electron chi connectivity index (χ3n) is 2.15. The molecule has 0 aliphatic rings. The predicted octanol–water partition coefficient (Wildman–Crippen LogP) is 2.59. The third-order valence-corrected chi connectivity index (χ3v) is 2.15. The first-order valence-electron chi connectivity index (χ1n) is 5.76. The Morgan fingerprint density at radius 2 is 1.89 bits per heavy atom. The van der Waals surface area contributed by atoms with E-state index < -0.39 is 0 Å². The maximum Gasteiger partial charge on any atom is 0.230 e. The molecule has 0 spiro atoms. The summed E-state index contributed by atoms with van der Waals surface area (Å²) in [5.74, 6) is 1.05. The maximum atomic E-state index is 5.62. The van der Waals surface area contributed by atoms with Crippen molar-refractivity contribution in [3.63, 3.8) is 0 Å². The fraction of sp³-hybridized carbons (Fsp3) is 0.231. The molecule has 0 unspecified atom stereocenters. The summed E-state index contributed by atoms with van der Waals surface area (Å²) >= 11 is 0. The molecule has 94 valence electrons. The maximum absolute atomic E-state index is 5.62. The van der Waals surface area contributed by atoms with E-state index >= 15 is 0 Å². The summed E-state index contributed by atoms with van der Waals surface area (Å²) in [6, 6.07) is 9.10. The van der Waals surface area contributed by atoms with Gasteiger partial charge in [-0.2, -0.15) is 4.98 Å². The van der Waals surface area contributed by atoms with Gasteiger partial charge in [-0.05, 0) is 38.1 Å². The Morgan fingerprint density at radius 1 is 1.17 bits per heavy atom. The van der Waals surface area contributed by atoms with Crippen LogP contribution in [0.3, 0.4) is 0 Å². The van der Waals surface area contributed by atoms with E-state index in [2.05, 4.69) is 15.3 Å². The van der Waals surface area contributed by atoms with Crippen LogP contribution in [0.5, 0.6) is 5.88 Å².